The van der Waals surface area contributed by atoms with Gasteiger partial charge in [-0.15, -0.1) is 0 Å². The van der Waals surface area contributed by atoms with Gasteiger partial charge in [0.1, 0.15) is 22.9 Å². The summed E-state index contributed by atoms with van der Waals surface area (Å²) in [7, 11) is -7.27. The molecule has 4 aromatic heterocycles. The van der Waals surface area contributed by atoms with Gasteiger partial charge in [-0.05, 0) is 121 Å². The predicted molar refractivity (Wildman–Crippen MR) is 294 cm³/mol. The summed E-state index contributed by atoms with van der Waals surface area (Å²) in [6.07, 6.45) is -7.54. The summed E-state index contributed by atoms with van der Waals surface area (Å²) < 4.78 is 140. The van der Waals surface area contributed by atoms with Crippen molar-refractivity contribution in [3.63, 3.8) is 0 Å². The Morgan fingerprint density at radius 2 is 0.941 bits per heavy atom. The molecular formula is C58H46F6N10O9S2. The minimum absolute atomic E-state index is 0.00468. The van der Waals surface area contributed by atoms with E-state index < -0.39 is 49.5 Å². The van der Waals surface area contributed by atoms with E-state index in [0.29, 0.717) is 78.1 Å². The lowest BCUT2D eigenvalue weighted by molar-refractivity contribution is -0.138. The Kier molecular flexibility index (Phi) is 19.3. The summed E-state index contributed by atoms with van der Waals surface area (Å²) in [6, 6.07) is 42.6. The number of sulfonamides is 2. The average Bonchev–Trinajstić information content (AvgIpc) is 3.48. The van der Waals surface area contributed by atoms with E-state index in [0.717, 1.165) is 24.3 Å². The molecule has 2 aliphatic heterocycles. The van der Waals surface area contributed by atoms with Crippen molar-refractivity contribution < 1.29 is 67.3 Å². The molecule has 0 saturated carbocycles. The van der Waals surface area contributed by atoms with Gasteiger partial charge >= 0.3 is 18.3 Å². The number of carboxylic acids is 1. The Balaban J connectivity index is 0.000000185. The first-order valence-electron chi connectivity index (χ1n) is 25.3. The standard InChI is InChI=1S/C29H22F3N5O4S.C18H11F3N2O3.C11H13N3O2S/c30-29(31,32)22-9-12-27(34-19-22)41-23-10-7-21(8-11-23)25-5-2-6-26(35-25)28(38)36-13-15-37(16-14-36)42(39,40)24-4-1-3-20(17-24)18-33;19-18(20,21)12-6-9-16(22-10-12)26-13-7-4-11(5-8-13)14-2-1-3-15(23-14)17(24)25;12-9-10-2-1-3-11(8-10)17(15,16)14-6-4-13-5-7-14/h1-12,17,19H,13-16H2;1-10H,(H,24,25);1-3,8,13H,4-7H2. The number of aromatic carboxylic acids is 1. The molecule has 8 aromatic rings. The number of carbonyl (C=O) groups is 2. The summed E-state index contributed by atoms with van der Waals surface area (Å²) in [6.45, 7) is 2.81. The van der Waals surface area contributed by atoms with Crippen LogP contribution in [0.2, 0.25) is 0 Å². The largest absolute Gasteiger partial charge is 0.477 e. The SMILES string of the molecule is N#Cc1cccc(S(=O)(=O)N2CCN(C(=O)c3cccc(-c4ccc(Oc5ccc(C(F)(F)F)cn5)cc4)n3)CC2)c1.N#Cc1cccc(S(=O)(=O)N2CCNCC2)c1.O=C(O)c1cccc(-c2ccc(Oc3ccc(C(F)(F)F)cn3)cc2)n1. The van der Waals surface area contributed by atoms with Crippen molar-refractivity contribution in [3.8, 4) is 57.9 Å². The number of piperazine rings is 2. The van der Waals surface area contributed by atoms with Gasteiger partial charge in [-0.2, -0.15) is 45.5 Å². The first-order chi connectivity index (χ1) is 40.5. The van der Waals surface area contributed by atoms with Crippen LogP contribution in [0.4, 0.5) is 26.3 Å². The quantitative estimate of drug-likeness (QED) is 0.108. The summed E-state index contributed by atoms with van der Waals surface area (Å²) >= 11 is 0. The van der Waals surface area contributed by atoms with Gasteiger partial charge in [0, 0.05) is 88.0 Å². The van der Waals surface area contributed by atoms with Gasteiger partial charge in [-0.3, -0.25) is 4.79 Å². The number of amides is 1. The summed E-state index contributed by atoms with van der Waals surface area (Å²) in [5, 5.41) is 29.9. The van der Waals surface area contributed by atoms with Crippen LogP contribution in [-0.2, 0) is 32.4 Å². The number of aromatic nitrogens is 4. The minimum atomic E-state index is -4.49. The molecule has 0 aliphatic carbocycles. The Morgan fingerprint density at radius 3 is 1.34 bits per heavy atom. The van der Waals surface area contributed by atoms with E-state index in [4.69, 9.17) is 25.1 Å². The van der Waals surface area contributed by atoms with Gasteiger partial charge in [-0.25, -0.2) is 41.6 Å². The Morgan fingerprint density at radius 1 is 0.529 bits per heavy atom. The summed E-state index contributed by atoms with van der Waals surface area (Å²) in [5.41, 5.74) is 1.33. The lowest BCUT2D eigenvalue weighted by Crippen LogP contribution is -2.50. The zero-order chi connectivity index (χ0) is 60.9. The highest BCUT2D eigenvalue weighted by molar-refractivity contribution is 7.89. The van der Waals surface area contributed by atoms with Crippen molar-refractivity contribution in [2.24, 2.45) is 0 Å². The smallest absolute Gasteiger partial charge is 0.417 e. The first kappa shape index (κ1) is 61.4. The van der Waals surface area contributed by atoms with E-state index in [-0.39, 0.29) is 70.6 Å². The molecule has 0 unspecified atom stereocenters. The molecule has 2 saturated heterocycles. The Hall–Kier alpha value is -9.64. The van der Waals surface area contributed by atoms with Crippen molar-refractivity contribution in [2.75, 3.05) is 52.4 Å². The monoisotopic (exact) mass is 1200 g/mol. The fourth-order valence-electron chi connectivity index (χ4n) is 8.20. The first-order valence-corrected chi connectivity index (χ1v) is 28.2. The molecule has 436 valence electrons. The molecule has 2 fully saturated rings. The van der Waals surface area contributed by atoms with Crippen molar-refractivity contribution in [2.45, 2.75) is 22.1 Å². The second-order valence-corrected chi connectivity index (χ2v) is 22.1. The molecule has 19 nitrogen and oxygen atoms in total. The lowest BCUT2D eigenvalue weighted by Gasteiger charge is -2.33. The third-order valence-electron chi connectivity index (χ3n) is 12.6. The maximum Gasteiger partial charge on any atom is 0.417 e. The molecule has 10 rings (SSSR count). The predicted octanol–water partition coefficient (Wildman–Crippen LogP) is 9.78. The van der Waals surface area contributed by atoms with E-state index in [2.05, 4.69) is 25.3 Å². The molecule has 1 amide bonds. The molecule has 0 spiro atoms. The zero-order valence-corrected chi connectivity index (χ0v) is 45.8. The zero-order valence-electron chi connectivity index (χ0n) is 44.1. The molecule has 0 radical (unpaired) electrons. The summed E-state index contributed by atoms with van der Waals surface area (Å²) in [5.74, 6) is -0.712. The van der Waals surface area contributed by atoms with Crippen LogP contribution in [-0.4, -0.2) is 120 Å². The molecular weight excluding hydrogens is 1160 g/mol. The maximum atomic E-state index is 13.2. The van der Waals surface area contributed by atoms with Gasteiger partial charge in [0.2, 0.25) is 31.8 Å². The van der Waals surface area contributed by atoms with Crippen LogP contribution in [0.3, 0.4) is 0 Å². The Labute approximate surface area is 482 Å². The van der Waals surface area contributed by atoms with E-state index in [1.807, 2.05) is 12.1 Å². The van der Waals surface area contributed by atoms with Crippen LogP contribution in [0.1, 0.15) is 43.2 Å². The number of hydrogen-bond donors (Lipinski definition) is 2. The maximum absolute atomic E-state index is 13.2. The normalized spacial score (nSPS) is 14.0. The highest BCUT2D eigenvalue weighted by Crippen LogP contribution is 2.33. The summed E-state index contributed by atoms with van der Waals surface area (Å²) in [4.78, 5) is 41.8. The second kappa shape index (κ2) is 26.7. The number of ether oxygens (including phenoxy) is 2. The molecule has 0 atom stereocenters. The average molecular weight is 1210 g/mol. The number of halogens is 6. The van der Waals surface area contributed by atoms with E-state index in [9.17, 15) is 52.8 Å². The number of benzene rings is 4. The van der Waals surface area contributed by atoms with Gasteiger partial charge < -0.3 is 24.8 Å². The molecule has 27 heteroatoms. The van der Waals surface area contributed by atoms with Crippen LogP contribution in [0.5, 0.6) is 23.3 Å². The number of nitrogens with one attached hydrogen (secondary N) is 1. The molecule has 2 aliphatic rings. The van der Waals surface area contributed by atoms with Gasteiger partial charge in [0.15, 0.2) is 0 Å². The highest BCUT2D eigenvalue weighted by Gasteiger charge is 2.33. The Bertz CT molecular complexity index is 3990. The van der Waals surface area contributed by atoms with Gasteiger partial charge in [0.05, 0.1) is 55.6 Å². The fraction of sp³-hybridized carbons (Fsp3) is 0.172. The van der Waals surface area contributed by atoms with E-state index in [1.165, 1.54) is 56.0 Å². The third-order valence-corrected chi connectivity index (χ3v) is 16.4. The third kappa shape index (κ3) is 15.9. The number of carboxylic acid groups (broad SMARTS) is 1. The van der Waals surface area contributed by atoms with Crippen LogP contribution in [0.15, 0.2) is 180 Å². The van der Waals surface area contributed by atoms with Crippen molar-refractivity contribution in [1.29, 1.82) is 10.5 Å². The molecule has 0 bridgehead atoms. The van der Waals surface area contributed by atoms with Gasteiger partial charge in [0.25, 0.3) is 5.91 Å². The topological polar surface area (TPSA) is 262 Å². The highest BCUT2D eigenvalue weighted by atomic mass is 32.2. The second-order valence-electron chi connectivity index (χ2n) is 18.3. The number of carbonyl (C=O) groups excluding carboxylic acids is 1. The van der Waals surface area contributed by atoms with Crippen LogP contribution >= 0.6 is 0 Å². The number of pyridine rings is 4. The van der Waals surface area contributed by atoms with Crippen LogP contribution in [0.25, 0.3) is 22.5 Å². The fourth-order valence-corrected chi connectivity index (χ4v) is 11.2. The van der Waals surface area contributed by atoms with E-state index >= 15 is 0 Å². The van der Waals surface area contributed by atoms with Crippen LogP contribution in [0, 0.1) is 22.7 Å². The van der Waals surface area contributed by atoms with Crippen molar-refractivity contribution in [3.05, 3.63) is 204 Å². The number of alkyl halides is 6. The van der Waals surface area contributed by atoms with E-state index in [1.54, 1.807) is 91.0 Å². The molecule has 6 heterocycles. The molecule has 4 aromatic carbocycles. The van der Waals surface area contributed by atoms with Crippen molar-refractivity contribution >= 4 is 31.9 Å². The van der Waals surface area contributed by atoms with Gasteiger partial charge in [-0.1, -0.05) is 24.3 Å². The number of nitriles is 2. The number of nitrogens with zero attached hydrogens (tertiary/aromatic N) is 9. The number of rotatable bonds is 12. The molecule has 85 heavy (non-hydrogen) atoms. The minimum Gasteiger partial charge on any atom is -0.477 e. The number of hydrogen-bond acceptors (Lipinski definition) is 15. The van der Waals surface area contributed by atoms with Crippen LogP contribution < -0.4 is 14.8 Å². The lowest BCUT2D eigenvalue weighted by atomic mass is 10.1. The molecule has 2 N–H and O–H groups in total. The van der Waals surface area contributed by atoms with Crippen molar-refractivity contribution in [1.82, 2.24) is 38.8 Å².